The van der Waals surface area contributed by atoms with E-state index in [-0.39, 0.29) is 5.91 Å². The molecule has 0 spiro atoms. The van der Waals surface area contributed by atoms with Crippen LogP contribution in [0.2, 0.25) is 0 Å². The van der Waals surface area contributed by atoms with Gasteiger partial charge in [0.1, 0.15) is 5.75 Å². The molecule has 0 saturated carbocycles. The molecule has 3 nitrogen and oxygen atoms in total. The summed E-state index contributed by atoms with van der Waals surface area (Å²) in [4.78, 5) is 12.3. The highest BCUT2D eigenvalue weighted by atomic mass is 16.5. The third-order valence-corrected chi connectivity index (χ3v) is 4.42. The molecule has 0 aliphatic rings. The number of carbonyl (C=O) groups excluding carboxylic acids is 1. The molecule has 0 aliphatic carbocycles. The highest BCUT2D eigenvalue weighted by Crippen LogP contribution is 2.19. The molecule has 0 unspecified atom stereocenters. The van der Waals surface area contributed by atoms with Crippen molar-refractivity contribution < 1.29 is 9.53 Å². The van der Waals surface area contributed by atoms with Crippen molar-refractivity contribution in [2.75, 3.05) is 13.2 Å². The van der Waals surface area contributed by atoms with Gasteiger partial charge in [-0.2, -0.15) is 0 Å². The second-order valence-electron chi connectivity index (χ2n) is 6.38. The quantitative estimate of drug-likeness (QED) is 0.567. The average molecular weight is 359 g/mol. The summed E-state index contributed by atoms with van der Waals surface area (Å²) in [5.74, 6) is 0.870. The van der Waals surface area contributed by atoms with Crippen molar-refractivity contribution in [2.45, 2.75) is 19.8 Å². The van der Waals surface area contributed by atoms with Gasteiger partial charge in [-0.3, -0.25) is 4.79 Å². The van der Waals surface area contributed by atoms with Crippen LogP contribution in [0.25, 0.3) is 11.1 Å². The Labute approximate surface area is 161 Å². The van der Waals surface area contributed by atoms with Gasteiger partial charge in [-0.15, -0.1) is 0 Å². The zero-order chi connectivity index (χ0) is 18.9. The van der Waals surface area contributed by atoms with Crippen LogP contribution in [0, 0.1) is 0 Å². The topological polar surface area (TPSA) is 38.3 Å². The van der Waals surface area contributed by atoms with Crippen molar-refractivity contribution in [2.24, 2.45) is 0 Å². The summed E-state index contributed by atoms with van der Waals surface area (Å²) in [6.07, 6.45) is 1.83. The molecule has 27 heavy (non-hydrogen) atoms. The molecule has 3 heteroatoms. The van der Waals surface area contributed by atoms with Gasteiger partial charge in [-0.25, -0.2) is 0 Å². The highest BCUT2D eigenvalue weighted by Gasteiger charge is 2.05. The molecule has 0 bridgehead atoms. The van der Waals surface area contributed by atoms with E-state index in [0.29, 0.717) is 18.7 Å². The Bertz CT molecular complexity index is 840. The van der Waals surface area contributed by atoms with E-state index in [1.807, 2.05) is 61.5 Å². The first-order valence-corrected chi connectivity index (χ1v) is 9.41. The number of benzene rings is 3. The van der Waals surface area contributed by atoms with E-state index in [9.17, 15) is 4.79 Å². The van der Waals surface area contributed by atoms with E-state index in [1.165, 1.54) is 5.56 Å². The van der Waals surface area contributed by atoms with E-state index >= 15 is 0 Å². The summed E-state index contributed by atoms with van der Waals surface area (Å²) in [5, 5.41) is 3.00. The summed E-state index contributed by atoms with van der Waals surface area (Å²) in [6.45, 7) is 3.32. The normalized spacial score (nSPS) is 10.4. The first kappa shape index (κ1) is 18.7. The molecule has 1 amide bonds. The Kier molecular flexibility index (Phi) is 6.64. The third kappa shape index (κ3) is 5.45. The first-order valence-electron chi connectivity index (χ1n) is 9.41. The number of aryl methyl sites for hydroxylation is 1. The van der Waals surface area contributed by atoms with Crippen molar-refractivity contribution in [3.63, 3.8) is 0 Å². The largest absolute Gasteiger partial charge is 0.494 e. The molecule has 0 radical (unpaired) electrons. The molecule has 0 fully saturated rings. The molecule has 3 aromatic rings. The molecular weight excluding hydrogens is 334 g/mol. The minimum Gasteiger partial charge on any atom is -0.494 e. The second-order valence-corrected chi connectivity index (χ2v) is 6.38. The number of carbonyl (C=O) groups is 1. The Hall–Kier alpha value is -3.07. The predicted molar refractivity (Wildman–Crippen MR) is 110 cm³/mol. The summed E-state index contributed by atoms with van der Waals surface area (Å²) in [7, 11) is 0. The predicted octanol–water partition coefficient (Wildman–Crippen LogP) is 5.11. The Morgan fingerprint density at radius 1 is 0.852 bits per heavy atom. The van der Waals surface area contributed by atoms with Gasteiger partial charge in [0.15, 0.2) is 0 Å². The number of ether oxygens (including phenoxy) is 1. The van der Waals surface area contributed by atoms with Crippen LogP contribution < -0.4 is 10.1 Å². The van der Waals surface area contributed by atoms with Crippen LogP contribution in [0.3, 0.4) is 0 Å². The lowest BCUT2D eigenvalue weighted by Crippen LogP contribution is -2.24. The maximum absolute atomic E-state index is 12.3. The Balaban J connectivity index is 1.45. The smallest absolute Gasteiger partial charge is 0.251 e. The van der Waals surface area contributed by atoms with Crippen LogP contribution >= 0.6 is 0 Å². The van der Waals surface area contributed by atoms with Crippen LogP contribution in [0.15, 0.2) is 78.9 Å². The molecule has 0 aromatic heterocycles. The fraction of sp³-hybridized carbons (Fsp3) is 0.208. The molecule has 3 rings (SSSR count). The van der Waals surface area contributed by atoms with E-state index < -0.39 is 0 Å². The Morgan fingerprint density at radius 3 is 2.19 bits per heavy atom. The molecule has 0 atom stereocenters. The van der Waals surface area contributed by atoms with E-state index in [4.69, 9.17) is 4.74 Å². The summed E-state index contributed by atoms with van der Waals surface area (Å²) in [5.41, 5.74) is 4.21. The van der Waals surface area contributed by atoms with Crippen LogP contribution in [0.5, 0.6) is 5.75 Å². The van der Waals surface area contributed by atoms with E-state index in [0.717, 1.165) is 29.7 Å². The highest BCUT2D eigenvalue weighted by molar-refractivity contribution is 5.94. The molecule has 0 heterocycles. The van der Waals surface area contributed by atoms with Gasteiger partial charge < -0.3 is 10.1 Å². The lowest BCUT2D eigenvalue weighted by molar-refractivity contribution is 0.0953. The molecule has 1 N–H and O–H groups in total. The lowest BCUT2D eigenvalue weighted by atomic mass is 10.0. The lowest BCUT2D eigenvalue weighted by Gasteiger charge is -2.08. The van der Waals surface area contributed by atoms with Crippen molar-refractivity contribution in [3.05, 3.63) is 90.0 Å². The number of hydrogen-bond donors (Lipinski definition) is 1. The number of amides is 1. The van der Waals surface area contributed by atoms with Gasteiger partial charge in [-0.05, 0) is 60.7 Å². The minimum absolute atomic E-state index is 0.0266. The van der Waals surface area contributed by atoms with Gasteiger partial charge in [0.25, 0.3) is 5.91 Å². The maximum Gasteiger partial charge on any atom is 0.251 e. The number of hydrogen-bond acceptors (Lipinski definition) is 2. The molecule has 0 saturated heterocycles. The first-order chi connectivity index (χ1) is 13.3. The number of nitrogens with one attached hydrogen (secondary N) is 1. The van der Waals surface area contributed by atoms with Gasteiger partial charge in [0, 0.05) is 12.1 Å². The van der Waals surface area contributed by atoms with E-state index in [1.54, 1.807) is 0 Å². The third-order valence-electron chi connectivity index (χ3n) is 4.42. The molecule has 138 valence electrons. The summed E-state index contributed by atoms with van der Waals surface area (Å²) < 4.78 is 5.45. The van der Waals surface area contributed by atoms with Crippen LogP contribution in [-0.4, -0.2) is 19.1 Å². The van der Waals surface area contributed by atoms with Crippen molar-refractivity contribution in [3.8, 4) is 16.9 Å². The molecular formula is C24H25NO2. The SMILES string of the molecule is CCOc1ccc(CCCNC(=O)c2ccc(-c3ccccc3)cc2)cc1. The van der Waals surface area contributed by atoms with Crippen LogP contribution in [0.1, 0.15) is 29.3 Å². The standard InChI is InChI=1S/C24H25NO2/c1-2-27-23-16-10-19(11-17-23)7-6-18-25-24(26)22-14-12-21(13-15-22)20-8-4-3-5-9-20/h3-5,8-17H,2,6-7,18H2,1H3,(H,25,26). The Morgan fingerprint density at radius 2 is 1.52 bits per heavy atom. The zero-order valence-corrected chi connectivity index (χ0v) is 15.7. The van der Waals surface area contributed by atoms with Crippen molar-refractivity contribution in [1.29, 1.82) is 0 Å². The average Bonchev–Trinajstić information content (AvgIpc) is 2.73. The fourth-order valence-electron chi connectivity index (χ4n) is 2.96. The van der Waals surface area contributed by atoms with Crippen LogP contribution in [-0.2, 0) is 6.42 Å². The monoisotopic (exact) mass is 359 g/mol. The van der Waals surface area contributed by atoms with Crippen molar-refractivity contribution in [1.82, 2.24) is 5.32 Å². The maximum atomic E-state index is 12.3. The van der Waals surface area contributed by atoms with Gasteiger partial charge in [0.05, 0.1) is 6.61 Å². The summed E-state index contributed by atoms with van der Waals surface area (Å²) in [6, 6.07) is 26.0. The zero-order valence-electron chi connectivity index (χ0n) is 15.7. The van der Waals surface area contributed by atoms with Crippen LogP contribution in [0.4, 0.5) is 0 Å². The molecule has 0 aliphatic heterocycles. The minimum atomic E-state index is -0.0266. The second kappa shape index (κ2) is 9.58. The molecule has 3 aromatic carbocycles. The number of rotatable bonds is 8. The van der Waals surface area contributed by atoms with Gasteiger partial charge in [0.2, 0.25) is 0 Å². The fourth-order valence-corrected chi connectivity index (χ4v) is 2.96. The van der Waals surface area contributed by atoms with E-state index in [2.05, 4.69) is 29.6 Å². The van der Waals surface area contributed by atoms with Crippen molar-refractivity contribution >= 4 is 5.91 Å². The van der Waals surface area contributed by atoms with Gasteiger partial charge in [-0.1, -0.05) is 54.6 Å². The summed E-state index contributed by atoms with van der Waals surface area (Å²) >= 11 is 0. The van der Waals surface area contributed by atoms with Gasteiger partial charge >= 0.3 is 0 Å².